The van der Waals surface area contributed by atoms with Crippen molar-refractivity contribution in [3.05, 3.63) is 0 Å². The van der Waals surface area contributed by atoms with Crippen LogP contribution in [0, 0.1) is 5.92 Å². The molecule has 2 unspecified atom stereocenters. The van der Waals surface area contributed by atoms with Crippen LogP contribution in [0.2, 0.25) is 0 Å². The molecule has 0 aromatic carbocycles. The molecule has 2 atom stereocenters. The molecule has 0 aromatic heterocycles. The molecule has 9 nitrogen and oxygen atoms in total. The van der Waals surface area contributed by atoms with Gasteiger partial charge in [0.1, 0.15) is 12.6 Å². The Hall–Kier alpha value is -2.16. The van der Waals surface area contributed by atoms with Crippen molar-refractivity contribution in [1.82, 2.24) is 15.5 Å². The van der Waals surface area contributed by atoms with Crippen LogP contribution in [0.4, 0.5) is 4.79 Å². The SMILES string of the molecule is COC(=O)C(C)CNC(=O)CN1C(=O)NC(CN)C1=O. The Kier molecular flexibility index (Phi) is 5.44. The Morgan fingerprint density at radius 3 is 2.65 bits per heavy atom. The summed E-state index contributed by atoms with van der Waals surface area (Å²) in [5, 5.41) is 4.81. The third-order valence-electron chi connectivity index (χ3n) is 2.85. The molecule has 20 heavy (non-hydrogen) atoms. The number of ether oxygens (including phenoxy) is 1. The molecule has 1 saturated heterocycles. The van der Waals surface area contributed by atoms with Gasteiger partial charge in [0.15, 0.2) is 0 Å². The largest absolute Gasteiger partial charge is 0.469 e. The van der Waals surface area contributed by atoms with Crippen LogP contribution in [0.25, 0.3) is 0 Å². The van der Waals surface area contributed by atoms with E-state index in [1.54, 1.807) is 6.92 Å². The fraction of sp³-hybridized carbons (Fsp3) is 0.636. The number of hydrogen-bond donors (Lipinski definition) is 3. The van der Waals surface area contributed by atoms with Crippen molar-refractivity contribution >= 4 is 23.8 Å². The number of nitrogens with two attached hydrogens (primary N) is 1. The molecule has 0 aliphatic carbocycles. The molecule has 1 fully saturated rings. The lowest BCUT2D eigenvalue weighted by molar-refractivity contribution is -0.144. The van der Waals surface area contributed by atoms with Gasteiger partial charge in [-0.05, 0) is 0 Å². The first-order valence-electron chi connectivity index (χ1n) is 6.07. The van der Waals surface area contributed by atoms with Crippen molar-refractivity contribution in [2.75, 3.05) is 26.7 Å². The van der Waals surface area contributed by atoms with Gasteiger partial charge >= 0.3 is 12.0 Å². The second kappa shape index (κ2) is 6.85. The molecule has 112 valence electrons. The Bertz CT molecular complexity index is 425. The van der Waals surface area contributed by atoms with Crippen molar-refractivity contribution < 1.29 is 23.9 Å². The zero-order valence-corrected chi connectivity index (χ0v) is 11.3. The van der Waals surface area contributed by atoms with Gasteiger partial charge in [0.25, 0.3) is 5.91 Å². The number of carbonyl (C=O) groups excluding carboxylic acids is 4. The number of carbonyl (C=O) groups is 4. The predicted octanol–water partition coefficient (Wildman–Crippen LogP) is -2.21. The second-order valence-electron chi connectivity index (χ2n) is 4.39. The Morgan fingerprint density at radius 1 is 1.50 bits per heavy atom. The van der Waals surface area contributed by atoms with E-state index < -0.39 is 42.3 Å². The highest BCUT2D eigenvalue weighted by atomic mass is 16.5. The van der Waals surface area contributed by atoms with Gasteiger partial charge in [0.2, 0.25) is 5.91 Å². The lowest BCUT2D eigenvalue weighted by atomic mass is 10.2. The summed E-state index contributed by atoms with van der Waals surface area (Å²) in [6.45, 7) is 1.22. The number of urea groups is 1. The maximum Gasteiger partial charge on any atom is 0.325 e. The zero-order valence-electron chi connectivity index (χ0n) is 11.3. The first kappa shape index (κ1) is 15.9. The van der Waals surface area contributed by atoms with Crippen LogP contribution in [-0.4, -0.2) is 61.5 Å². The summed E-state index contributed by atoms with van der Waals surface area (Å²) in [5.74, 6) is -2.04. The standard InChI is InChI=1S/C11H18N4O5/c1-6(10(18)20-2)4-13-8(16)5-15-9(17)7(3-12)14-11(15)19/h6-7H,3-5,12H2,1-2H3,(H,13,16)(H,14,19). The molecule has 1 heterocycles. The normalized spacial score (nSPS) is 19.6. The van der Waals surface area contributed by atoms with Crippen LogP contribution in [-0.2, 0) is 19.1 Å². The lowest BCUT2D eigenvalue weighted by Gasteiger charge is -2.14. The van der Waals surface area contributed by atoms with Crippen LogP contribution >= 0.6 is 0 Å². The molecule has 0 spiro atoms. The fourth-order valence-corrected chi connectivity index (χ4v) is 1.64. The molecule has 4 amide bonds. The van der Waals surface area contributed by atoms with Gasteiger partial charge < -0.3 is 21.1 Å². The third kappa shape index (κ3) is 3.67. The fourth-order valence-electron chi connectivity index (χ4n) is 1.64. The van der Waals surface area contributed by atoms with Crippen LogP contribution in [0.3, 0.4) is 0 Å². The predicted molar refractivity (Wildman–Crippen MR) is 67.3 cm³/mol. The minimum absolute atomic E-state index is 0.0257. The lowest BCUT2D eigenvalue weighted by Crippen LogP contribution is -2.43. The van der Waals surface area contributed by atoms with E-state index >= 15 is 0 Å². The number of amides is 4. The van der Waals surface area contributed by atoms with Crippen LogP contribution < -0.4 is 16.4 Å². The molecule has 0 bridgehead atoms. The summed E-state index contributed by atoms with van der Waals surface area (Å²) < 4.78 is 4.51. The smallest absolute Gasteiger partial charge is 0.325 e. The highest BCUT2D eigenvalue weighted by Gasteiger charge is 2.38. The van der Waals surface area contributed by atoms with E-state index in [-0.39, 0.29) is 13.1 Å². The van der Waals surface area contributed by atoms with Crippen molar-refractivity contribution in [2.45, 2.75) is 13.0 Å². The summed E-state index contributed by atoms with van der Waals surface area (Å²) in [4.78, 5) is 46.7. The number of rotatable bonds is 6. The summed E-state index contributed by atoms with van der Waals surface area (Å²) in [6, 6.07) is -1.44. The molecular formula is C11H18N4O5. The van der Waals surface area contributed by atoms with Gasteiger partial charge in [-0.3, -0.25) is 19.3 Å². The van der Waals surface area contributed by atoms with E-state index in [4.69, 9.17) is 5.73 Å². The van der Waals surface area contributed by atoms with E-state index in [0.29, 0.717) is 0 Å². The molecular weight excluding hydrogens is 268 g/mol. The number of esters is 1. The molecule has 1 aliphatic heterocycles. The number of nitrogens with one attached hydrogen (secondary N) is 2. The average Bonchev–Trinajstić information content (AvgIpc) is 2.71. The van der Waals surface area contributed by atoms with Gasteiger partial charge in [-0.15, -0.1) is 0 Å². The average molecular weight is 286 g/mol. The third-order valence-corrected chi connectivity index (χ3v) is 2.85. The second-order valence-corrected chi connectivity index (χ2v) is 4.39. The van der Waals surface area contributed by atoms with E-state index in [9.17, 15) is 19.2 Å². The first-order chi connectivity index (χ1) is 9.40. The van der Waals surface area contributed by atoms with Gasteiger partial charge in [0.05, 0.1) is 13.0 Å². The minimum atomic E-state index is -0.788. The van der Waals surface area contributed by atoms with E-state index in [1.807, 2.05) is 0 Å². The summed E-state index contributed by atoms with van der Waals surface area (Å²) in [6.07, 6.45) is 0. The van der Waals surface area contributed by atoms with E-state index in [2.05, 4.69) is 15.4 Å². The van der Waals surface area contributed by atoms with Crippen LogP contribution in [0.5, 0.6) is 0 Å². The maximum atomic E-state index is 11.7. The van der Waals surface area contributed by atoms with Crippen molar-refractivity contribution in [1.29, 1.82) is 0 Å². The monoisotopic (exact) mass is 286 g/mol. The maximum absolute atomic E-state index is 11.7. The highest BCUT2D eigenvalue weighted by molar-refractivity contribution is 6.06. The molecule has 1 rings (SSSR count). The van der Waals surface area contributed by atoms with Gasteiger partial charge in [0, 0.05) is 13.1 Å². The zero-order chi connectivity index (χ0) is 15.3. The highest BCUT2D eigenvalue weighted by Crippen LogP contribution is 2.04. The topological polar surface area (TPSA) is 131 Å². The van der Waals surface area contributed by atoms with Gasteiger partial charge in [-0.2, -0.15) is 0 Å². The number of hydrogen-bond acceptors (Lipinski definition) is 6. The van der Waals surface area contributed by atoms with E-state index in [1.165, 1.54) is 7.11 Å². The van der Waals surface area contributed by atoms with Crippen molar-refractivity contribution in [2.24, 2.45) is 11.7 Å². The number of methoxy groups -OCH3 is 1. The molecule has 0 radical (unpaired) electrons. The molecule has 0 aromatic rings. The minimum Gasteiger partial charge on any atom is -0.469 e. The van der Waals surface area contributed by atoms with Crippen molar-refractivity contribution in [3.8, 4) is 0 Å². The summed E-state index contributed by atoms with van der Waals surface area (Å²) >= 11 is 0. The van der Waals surface area contributed by atoms with E-state index in [0.717, 1.165) is 4.90 Å². The Labute approximate surface area is 115 Å². The van der Waals surface area contributed by atoms with Gasteiger partial charge in [-0.25, -0.2) is 4.79 Å². The van der Waals surface area contributed by atoms with Gasteiger partial charge in [-0.1, -0.05) is 6.92 Å². The Balaban J connectivity index is 2.45. The first-order valence-corrected chi connectivity index (χ1v) is 6.07. The van der Waals surface area contributed by atoms with Crippen LogP contribution in [0.15, 0.2) is 0 Å². The molecule has 1 aliphatic rings. The van der Waals surface area contributed by atoms with Crippen LogP contribution in [0.1, 0.15) is 6.92 Å². The Morgan fingerprint density at radius 2 is 2.15 bits per heavy atom. The molecule has 4 N–H and O–H groups in total. The quantitative estimate of drug-likeness (QED) is 0.375. The summed E-state index contributed by atoms with van der Waals surface area (Å²) in [5.41, 5.74) is 5.31. The number of imide groups is 1. The summed E-state index contributed by atoms with van der Waals surface area (Å²) in [7, 11) is 1.25. The van der Waals surface area contributed by atoms with Crippen molar-refractivity contribution in [3.63, 3.8) is 0 Å². The molecule has 9 heteroatoms. The number of nitrogens with zero attached hydrogens (tertiary/aromatic N) is 1. The molecule has 0 saturated carbocycles.